The Morgan fingerprint density at radius 2 is 1.80 bits per heavy atom. The van der Waals surface area contributed by atoms with Gasteiger partial charge in [0.25, 0.3) is 0 Å². The number of methoxy groups -OCH3 is 1. The molecular formula is C17H24O3. The molecular weight excluding hydrogens is 252 g/mol. The van der Waals surface area contributed by atoms with E-state index in [9.17, 15) is 5.11 Å². The molecule has 1 aromatic rings. The molecule has 1 heterocycles. The highest BCUT2D eigenvalue weighted by Gasteiger charge is 2.52. The maximum absolute atomic E-state index is 10.3. The molecule has 1 N–H and O–H groups in total. The van der Waals surface area contributed by atoms with Gasteiger partial charge in [0.15, 0.2) is 0 Å². The minimum Gasteiger partial charge on any atom is -0.507 e. The topological polar surface area (TPSA) is 38.7 Å². The van der Waals surface area contributed by atoms with E-state index in [1.807, 2.05) is 20.8 Å². The third-order valence-electron chi connectivity index (χ3n) is 5.59. The first-order valence-corrected chi connectivity index (χ1v) is 7.47. The van der Waals surface area contributed by atoms with Crippen molar-refractivity contribution in [3.05, 3.63) is 22.3 Å². The number of rotatable bonds is 1. The van der Waals surface area contributed by atoms with Crippen molar-refractivity contribution >= 4 is 0 Å². The van der Waals surface area contributed by atoms with Crippen LogP contribution >= 0.6 is 0 Å². The van der Waals surface area contributed by atoms with Crippen molar-refractivity contribution in [3.63, 3.8) is 0 Å². The van der Waals surface area contributed by atoms with Crippen molar-refractivity contribution in [3.8, 4) is 11.5 Å². The van der Waals surface area contributed by atoms with Crippen LogP contribution in [0.2, 0.25) is 0 Å². The predicted molar refractivity (Wildman–Crippen MR) is 78.4 cm³/mol. The number of benzene rings is 1. The maximum Gasteiger partial charge on any atom is 0.129 e. The van der Waals surface area contributed by atoms with Gasteiger partial charge in [0.05, 0.1) is 6.10 Å². The fourth-order valence-electron chi connectivity index (χ4n) is 3.83. The maximum atomic E-state index is 10.3. The summed E-state index contributed by atoms with van der Waals surface area (Å²) in [6.07, 6.45) is 3.44. The van der Waals surface area contributed by atoms with Crippen LogP contribution in [0.15, 0.2) is 0 Å². The summed E-state index contributed by atoms with van der Waals surface area (Å²) in [5.74, 6) is 1.64. The van der Waals surface area contributed by atoms with Crippen LogP contribution in [0.1, 0.15) is 54.5 Å². The van der Waals surface area contributed by atoms with Crippen LogP contribution in [-0.4, -0.2) is 17.8 Å². The summed E-state index contributed by atoms with van der Waals surface area (Å²) < 4.78 is 12.3. The van der Waals surface area contributed by atoms with Crippen molar-refractivity contribution in [1.29, 1.82) is 0 Å². The third-order valence-corrected chi connectivity index (χ3v) is 5.59. The molecule has 3 nitrogen and oxygen atoms in total. The fourth-order valence-corrected chi connectivity index (χ4v) is 3.83. The van der Waals surface area contributed by atoms with Crippen LogP contribution in [0.25, 0.3) is 0 Å². The molecule has 1 aliphatic heterocycles. The number of hydrogen-bond donors (Lipinski definition) is 1. The molecule has 0 radical (unpaired) electrons. The second-order valence-electron chi connectivity index (χ2n) is 6.43. The van der Waals surface area contributed by atoms with E-state index in [1.165, 1.54) is 6.42 Å². The van der Waals surface area contributed by atoms with E-state index < -0.39 is 0 Å². The third kappa shape index (κ3) is 1.56. The van der Waals surface area contributed by atoms with Gasteiger partial charge < -0.3 is 14.6 Å². The lowest BCUT2D eigenvalue weighted by Crippen LogP contribution is -2.53. The van der Waals surface area contributed by atoms with Gasteiger partial charge in [-0.1, -0.05) is 6.92 Å². The minimum atomic E-state index is -0.0612. The second-order valence-corrected chi connectivity index (χ2v) is 6.43. The molecule has 0 bridgehead atoms. The Bertz CT molecular complexity index is 558. The highest BCUT2D eigenvalue weighted by molar-refractivity contribution is 5.59. The molecule has 0 amide bonds. The second kappa shape index (κ2) is 4.39. The summed E-state index contributed by atoms with van der Waals surface area (Å²) in [4.78, 5) is 0. The molecule has 2 atom stereocenters. The normalized spacial score (nSPS) is 26.9. The molecule has 0 aromatic heterocycles. The van der Waals surface area contributed by atoms with Crippen LogP contribution in [0, 0.1) is 26.7 Å². The molecule has 1 aliphatic carbocycles. The number of fused-ring (bicyclic) bond motifs is 1. The fraction of sp³-hybridized carbons (Fsp3) is 0.647. The number of hydrogen-bond acceptors (Lipinski definition) is 3. The number of phenols is 1. The van der Waals surface area contributed by atoms with Gasteiger partial charge in [-0.2, -0.15) is 0 Å². The first kappa shape index (κ1) is 13.7. The molecule has 0 saturated heterocycles. The minimum absolute atomic E-state index is 0.00394. The average Bonchev–Trinajstić information content (AvgIpc) is 2.40. The molecule has 1 spiro atoms. The van der Waals surface area contributed by atoms with Crippen molar-refractivity contribution in [2.24, 2.45) is 5.92 Å². The van der Waals surface area contributed by atoms with Crippen LogP contribution in [0.3, 0.4) is 0 Å². The zero-order chi connectivity index (χ0) is 14.7. The van der Waals surface area contributed by atoms with Gasteiger partial charge in [0.1, 0.15) is 17.1 Å². The summed E-state index contributed by atoms with van der Waals surface area (Å²) in [6, 6.07) is 0. The lowest BCUT2D eigenvalue weighted by molar-refractivity contribution is -0.125. The number of phenolic OH excluding ortho intramolecular Hbond substituents is 1. The predicted octanol–water partition coefficient (Wildman–Crippen LogP) is 3.96. The Morgan fingerprint density at radius 3 is 2.30 bits per heavy atom. The summed E-state index contributed by atoms with van der Waals surface area (Å²) >= 11 is 0. The van der Waals surface area contributed by atoms with E-state index in [0.717, 1.165) is 40.8 Å². The zero-order valence-electron chi connectivity index (χ0n) is 13.0. The van der Waals surface area contributed by atoms with Gasteiger partial charge in [0.2, 0.25) is 0 Å². The SMILES string of the molecule is COC1c2c(C)c(O)c(C)c(C)c2OC2(CCC2)C1C. The lowest BCUT2D eigenvalue weighted by Gasteiger charge is -2.52. The highest BCUT2D eigenvalue weighted by atomic mass is 16.5. The number of ether oxygens (including phenoxy) is 2. The molecule has 3 heteroatoms. The van der Waals surface area contributed by atoms with Crippen LogP contribution in [-0.2, 0) is 4.74 Å². The van der Waals surface area contributed by atoms with Crippen LogP contribution < -0.4 is 4.74 Å². The zero-order valence-corrected chi connectivity index (χ0v) is 13.0. The quantitative estimate of drug-likeness (QED) is 0.844. The first-order chi connectivity index (χ1) is 9.43. The highest BCUT2D eigenvalue weighted by Crippen LogP contribution is 2.56. The molecule has 2 unspecified atom stereocenters. The first-order valence-electron chi connectivity index (χ1n) is 7.47. The van der Waals surface area contributed by atoms with E-state index >= 15 is 0 Å². The summed E-state index contributed by atoms with van der Waals surface area (Å²) in [5, 5.41) is 10.3. The van der Waals surface area contributed by atoms with E-state index in [0.29, 0.717) is 11.7 Å². The summed E-state index contributed by atoms with van der Waals surface area (Å²) in [5.41, 5.74) is 3.84. The number of aromatic hydroxyl groups is 1. The lowest BCUT2D eigenvalue weighted by atomic mass is 9.66. The Morgan fingerprint density at radius 1 is 1.15 bits per heavy atom. The summed E-state index contributed by atoms with van der Waals surface area (Å²) in [7, 11) is 1.76. The molecule has 1 fully saturated rings. The van der Waals surface area contributed by atoms with Gasteiger partial charge in [-0.05, 0) is 51.2 Å². The largest absolute Gasteiger partial charge is 0.507 e. The van der Waals surface area contributed by atoms with Crippen molar-refractivity contribution in [2.75, 3.05) is 7.11 Å². The Balaban J connectivity index is 2.24. The molecule has 20 heavy (non-hydrogen) atoms. The van der Waals surface area contributed by atoms with E-state index in [2.05, 4.69) is 6.92 Å². The molecule has 2 aliphatic rings. The van der Waals surface area contributed by atoms with Gasteiger partial charge in [-0.15, -0.1) is 0 Å². The molecule has 3 rings (SSSR count). The Kier molecular flexibility index (Phi) is 3.02. The molecule has 110 valence electrons. The standard InChI is InChI=1S/C17H24O3/c1-9-10(2)15-13(11(3)14(9)18)16(19-5)12(4)17(20-15)7-6-8-17/h12,16,18H,6-8H2,1-5H3. The molecule has 1 saturated carbocycles. The molecule has 1 aromatic carbocycles. The Hall–Kier alpha value is -1.22. The summed E-state index contributed by atoms with van der Waals surface area (Å²) in [6.45, 7) is 8.15. The van der Waals surface area contributed by atoms with Crippen molar-refractivity contribution < 1.29 is 14.6 Å². The average molecular weight is 276 g/mol. The van der Waals surface area contributed by atoms with Crippen LogP contribution in [0.4, 0.5) is 0 Å². The van der Waals surface area contributed by atoms with Gasteiger partial charge >= 0.3 is 0 Å². The van der Waals surface area contributed by atoms with Gasteiger partial charge in [0, 0.05) is 24.2 Å². The van der Waals surface area contributed by atoms with Crippen molar-refractivity contribution in [1.82, 2.24) is 0 Å². The van der Waals surface area contributed by atoms with E-state index in [4.69, 9.17) is 9.47 Å². The monoisotopic (exact) mass is 276 g/mol. The Labute approximate surface area is 120 Å². The van der Waals surface area contributed by atoms with Crippen molar-refractivity contribution in [2.45, 2.75) is 58.7 Å². The van der Waals surface area contributed by atoms with E-state index in [1.54, 1.807) is 7.11 Å². The van der Waals surface area contributed by atoms with Crippen LogP contribution in [0.5, 0.6) is 11.5 Å². The van der Waals surface area contributed by atoms with Gasteiger partial charge in [-0.25, -0.2) is 0 Å². The smallest absolute Gasteiger partial charge is 0.129 e. The van der Waals surface area contributed by atoms with Gasteiger partial charge in [-0.3, -0.25) is 0 Å². The van der Waals surface area contributed by atoms with E-state index in [-0.39, 0.29) is 11.7 Å².